The standard InChI is InChI=1S/C10H13N5O3/c1-11-9-8(18-2)10(13-5-12-9)15-3-6(16)14-7(17)4-15/h5H,3-4H2,1-2H3,(H,11,12,13)(H,14,16,17). The van der Waals surface area contributed by atoms with E-state index < -0.39 is 0 Å². The van der Waals surface area contributed by atoms with Crippen molar-refractivity contribution in [2.75, 3.05) is 37.5 Å². The van der Waals surface area contributed by atoms with Gasteiger partial charge in [0.15, 0.2) is 11.6 Å². The third-order valence-electron chi connectivity index (χ3n) is 2.47. The van der Waals surface area contributed by atoms with Crippen LogP contribution < -0.4 is 20.3 Å². The lowest BCUT2D eigenvalue weighted by Gasteiger charge is -2.27. The summed E-state index contributed by atoms with van der Waals surface area (Å²) in [4.78, 5) is 32.3. The number of methoxy groups -OCH3 is 1. The van der Waals surface area contributed by atoms with Crippen LogP contribution in [0.5, 0.6) is 5.75 Å². The van der Waals surface area contributed by atoms with E-state index >= 15 is 0 Å². The highest BCUT2D eigenvalue weighted by atomic mass is 16.5. The molecule has 0 atom stereocenters. The highest BCUT2D eigenvalue weighted by Crippen LogP contribution is 2.31. The van der Waals surface area contributed by atoms with Crippen molar-refractivity contribution < 1.29 is 14.3 Å². The molecule has 0 aliphatic carbocycles. The van der Waals surface area contributed by atoms with Crippen LogP contribution in [0, 0.1) is 0 Å². The van der Waals surface area contributed by atoms with Gasteiger partial charge in [0.25, 0.3) is 0 Å². The summed E-state index contributed by atoms with van der Waals surface area (Å²) >= 11 is 0. The van der Waals surface area contributed by atoms with Gasteiger partial charge in [-0.2, -0.15) is 0 Å². The van der Waals surface area contributed by atoms with Crippen LogP contribution in [0.4, 0.5) is 11.6 Å². The molecule has 1 aromatic heterocycles. The number of hydrogen-bond acceptors (Lipinski definition) is 7. The first-order chi connectivity index (χ1) is 8.65. The summed E-state index contributed by atoms with van der Waals surface area (Å²) in [5, 5.41) is 5.09. The predicted octanol–water partition coefficient (Wildman–Crippen LogP) is -1.01. The normalized spacial score (nSPS) is 15.3. The zero-order valence-electron chi connectivity index (χ0n) is 10.1. The summed E-state index contributed by atoms with van der Waals surface area (Å²) < 4.78 is 5.22. The molecule has 0 saturated carbocycles. The van der Waals surface area contributed by atoms with Crippen molar-refractivity contribution in [1.82, 2.24) is 15.3 Å². The van der Waals surface area contributed by atoms with Gasteiger partial charge in [-0.3, -0.25) is 14.9 Å². The number of nitrogens with one attached hydrogen (secondary N) is 2. The van der Waals surface area contributed by atoms with E-state index in [0.29, 0.717) is 17.4 Å². The number of piperazine rings is 1. The summed E-state index contributed by atoms with van der Waals surface area (Å²) in [5.74, 6) is 0.597. The fourth-order valence-electron chi connectivity index (χ4n) is 1.74. The smallest absolute Gasteiger partial charge is 0.246 e. The summed E-state index contributed by atoms with van der Waals surface area (Å²) in [7, 11) is 3.18. The number of carbonyl (C=O) groups excluding carboxylic acids is 2. The van der Waals surface area contributed by atoms with E-state index in [1.807, 2.05) is 0 Å². The molecule has 2 heterocycles. The summed E-state index contributed by atoms with van der Waals surface area (Å²) in [5.41, 5.74) is 0. The SMILES string of the molecule is CNc1ncnc(N2CC(=O)NC(=O)C2)c1OC. The van der Waals surface area contributed by atoms with E-state index in [1.165, 1.54) is 13.4 Å². The Morgan fingerprint density at radius 2 is 2.00 bits per heavy atom. The fraction of sp³-hybridized carbons (Fsp3) is 0.400. The molecule has 0 aromatic carbocycles. The summed E-state index contributed by atoms with van der Waals surface area (Å²) in [6.45, 7) is 0.116. The quantitative estimate of drug-likeness (QED) is 0.664. The second-order valence-electron chi connectivity index (χ2n) is 3.66. The Bertz CT molecular complexity index is 474. The maximum Gasteiger partial charge on any atom is 0.246 e. The average Bonchev–Trinajstić information content (AvgIpc) is 2.36. The van der Waals surface area contributed by atoms with Crippen molar-refractivity contribution in [2.45, 2.75) is 0 Å². The van der Waals surface area contributed by atoms with Gasteiger partial charge in [0.05, 0.1) is 20.2 Å². The molecule has 1 saturated heterocycles. The molecule has 1 aliphatic heterocycles. The van der Waals surface area contributed by atoms with Crippen LogP contribution in [0.3, 0.4) is 0 Å². The summed E-state index contributed by atoms with van der Waals surface area (Å²) in [6.07, 6.45) is 1.35. The zero-order chi connectivity index (χ0) is 13.1. The average molecular weight is 251 g/mol. The van der Waals surface area contributed by atoms with Crippen molar-refractivity contribution in [2.24, 2.45) is 0 Å². The number of anilines is 2. The van der Waals surface area contributed by atoms with E-state index in [9.17, 15) is 9.59 Å². The van der Waals surface area contributed by atoms with Crippen LogP contribution in [0.2, 0.25) is 0 Å². The Morgan fingerprint density at radius 3 is 2.56 bits per heavy atom. The van der Waals surface area contributed by atoms with Gasteiger partial charge in [0.2, 0.25) is 17.6 Å². The maximum atomic E-state index is 11.3. The van der Waals surface area contributed by atoms with E-state index in [4.69, 9.17) is 4.74 Å². The van der Waals surface area contributed by atoms with Gasteiger partial charge in [-0.15, -0.1) is 0 Å². The lowest BCUT2D eigenvalue weighted by molar-refractivity contribution is -0.130. The Balaban J connectivity index is 2.37. The second-order valence-corrected chi connectivity index (χ2v) is 3.66. The lowest BCUT2D eigenvalue weighted by Crippen LogP contribution is -2.51. The molecule has 0 radical (unpaired) electrons. The lowest BCUT2D eigenvalue weighted by atomic mass is 10.3. The molecule has 8 heteroatoms. The minimum absolute atomic E-state index is 0.0578. The molecule has 8 nitrogen and oxygen atoms in total. The second kappa shape index (κ2) is 4.86. The molecule has 0 unspecified atom stereocenters. The van der Waals surface area contributed by atoms with Gasteiger partial charge in [-0.05, 0) is 0 Å². The number of aromatic nitrogens is 2. The number of nitrogens with zero attached hydrogens (tertiary/aromatic N) is 3. The van der Waals surface area contributed by atoms with Crippen LogP contribution >= 0.6 is 0 Å². The van der Waals surface area contributed by atoms with E-state index in [2.05, 4.69) is 20.6 Å². The molecular formula is C10H13N5O3. The largest absolute Gasteiger partial charge is 0.490 e. The number of hydrogen-bond donors (Lipinski definition) is 2. The molecule has 1 aliphatic rings. The topological polar surface area (TPSA) is 96.5 Å². The minimum atomic E-state index is -0.363. The Morgan fingerprint density at radius 1 is 1.33 bits per heavy atom. The Labute approximate surface area is 103 Å². The van der Waals surface area contributed by atoms with E-state index in [0.717, 1.165) is 0 Å². The van der Waals surface area contributed by atoms with Crippen LogP contribution in [-0.2, 0) is 9.59 Å². The molecule has 0 bridgehead atoms. The van der Waals surface area contributed by atoms with Crippen LogP contribution in [0.1, 0.15) is 0 Å². The molecule has 2 N–H and O–H groups in total. The summed E-state index contributed by atoms with van der Waals surface area (Å²) in [6, 6.07) is 0. The third-order valence-corrected chi connectivity index (χ3v) is 2.47. The number of amides is 2. The fourth-order valence-corrected chi connectivity index (χ4v) is 1.74. The Hall–Kier alpha value is -2.38. The van der Waals surface area contributed by atoms with Crippen molar-refractivity contribution in [3.8, 4) is 5.75 Å². The van der Waals surface area contributed by atoms with Crippen LogP contribution in [0.15, 0.2) is 6.33 Å². The molecule has 2 amide bonds. The van der Waals surface area contributed by atoms with Crippen molar-refractivity contribution >= 4 is 23.5 Å². The molecule has 1 fully saturated rings. The first-order valence-electron chi connectivity index (χ1n) is 5.30. The van der Waals surface area contributed by atoms with Gasteiger partial charge in [0.1, 0.15) is 6.33 Å². The van der Waals surface area contributed by atoms with E-state index in [1.54, 1.807) is 11.9 Å². The predicted molar refractivity (Wildman–Crippen MR) is 63.5 cm³/mol. The van der Waals surface area contributed by atoms with Gasteiger partial charge in [-0.1, -0.05) is 0 Å². The Kier molecular flexibility index (Phi) is 3.26. The number of rotatable bonds is 3. The first kappa shape index (κ1) is 12.1. The highest BCUT2D eigenvalue weighted by Gasteiger charge is 2.27. The number of carbonyl (C=O) groups is 2. The van der Waals surface area contributed by atoms with Gasteiger partial charge in [0, 0.05) is 7.05 Å². The van der Waals surface area contributed by atoms with Gasteiger partial charge >= 0.3 is 0 Å². The molecule has 18 heavy (non-hydrogen) atoms. The zero-order valence-corrected chi connectivity index (χ0v) is 10.1. The highest BCUT2D eigenvalue weighted by molar-refractivity contribution is 6.02. The maximum absolute atomic E-state index is 11.3. The molecule has 96 valence electrons. The number of ether oxygens (including phenoxy) is 1. The monoisotopic (exact) mass is 251 g/mol. The van der Waals surface area contributed by atoms with Crippen molar-refractivity contribution in [3.63, 3.8) is 0 Å². The van der Waals surface area contributed by atoms with Crippen LogP contribution in [0.25, 0.3) is 0 Å². The third kappa shape index (κ3) is 2.17. The van der Waals surface area contributed by atoms with Gasteiger partial charge in [-0.25, -0.2) is 9.97 Å². The first-order valence-corrected chi connectivity index (χ1v) is 5.30. The molecule has 1 aromatic rings. The van der Waals surface area contributed by atoms with E-state index in [-0.39, 0.29) is 24.9 Å². The van der Waals surface area contributed by atoms with Crippen LogP contribution in [-0.4, -0.2) is 49.0 Å². The van der Waals surface area contributed by atoms with Crippen molar-refractivity contribution in [3.05, 3.63) is 6.33 Å². The van der Waals surface area contributed by atoms with Gasteiger partial charge < -0.3 is 15.0 Å². The molecule has 2 rings (SSSR count). The number of imide groups is 1. The molecule has 0 spiro atoms. The van der Waals surface area contributed by atoms with Crippen molar-refractivity contribution in [1.29, 1.82) is 0 Å². The minimum Gasteiger partial charge on any atom is -0.490 e. The molecular weight excluding hydrogens is 238 g/mol.